The summed E-state index contributed by atoms with van der Waals surface area (Å²) in [5.41, 5.74) is 1.97. The van der Waals surface area contributed by atoms with Crippen molar-refractivity contribution in [1.29, 1.82) is 0 Å². The molecule has 6 nitrogen and oxygen atoms in total. The summed E-state index contributed by atoms with van der Waals surface area (Å²) in [7, 11) is 0. The van der Waals surface area contributed by atoms with Crippen LogP contribution in [0.3, 0.4) is 0 Å². The maximum atomic E-state index is 14.2. The van der Waals surface area contributed by atoms with E-state index in [9.17, 15) is 9.59 Å². The molecular weight excluding hydrogens is 460 g/mol. The lowest BCUT2D eigenvalue weighted by atomic mass is 9.84. The van der Waals surface area contributed by atoms with Gasteiger partial charge >= 0.3 is 0 Å². The van der Waals surface area contributed by atoms with Crippen LogP contribution in [0.15, 0.2) is 53.9 Å². The first-order valence-corrected chi connectivity index (χ1v) is 13.1. The standard InChI is InChI=1S/C28H28N2O4S/c1-28(27(32)29-19-9-5-6-10-19)22-16-24-23(33-12-13-34-24)15-21(22)25-20(11-14-35-25)26(31)30(28)17-18-7-3-2-4-8-18/h2-4,7-8,11,14-16,19H,5-6,9-10,12-13,17H2,1H3,(H,29,32). The molecule has 1 atom stereocenters. The molecule has 1 unspecified atom stereocenters. The van der Waals surface area contributed by atoms with Crippen LogP contribution in [0.2, 0.25) is 0 Å². The topological polar surface area (TPSA) is 67.9 Å². The lowest BCUT2D eigenvalue weighted by molar-refractivity contribution is -0.133. The van der Waals surface area contributed by atoms with Gasteiger partial charge in [-0.2, -0.15) is 0 Å². The second kappa shape index (κ2) is 8.72. The SMILES string of the molecule is CC1(C(=O)NC2CCCC2)c2cc3c(cc2-c2sccc2C(=O)N1Cc1ccccc1)OCCO3. The predicted octanol–water partition coefficient (Wildman–Crippen LogP) is 5.12. The van der Waals surface area contributed by atoms with Crippen molar-refractivity contribution in [1.82, 2.24) is 10.2 Å². The van der Waals surface area contributed by atoms with Crippen molar-refractivity contribution < 1.29 is 19.1 Å². The van der Waals surface area contributed by atoms with Gasteiger partial charge in [-0.25, -0.2) is 0 Å². The van der Waals surface area contributed by atoms with Crippen molar-refractivity contribution >= 4 is 23.2 Å². The third-order valence-electron chi connectivity index (χ3n) is 7.45. The molecule has 3 heterocycles. The van der Waals surface area contributed by atoms with Crippen molar-refractivity contribution in [2.75, 3.05) is 13.2 Å². The van der Waals surface area contributed by atoms with Gasteiger partial charge < -0.3 is 19.7 Å². The number of rotatable bonds is 4. The summed E-state index contributed by atoms with van der Waals surface area (Å²) in [5, 5.41) is 5.23. The molecule has 1 aliphatic carbocycles. The van der Waals surface area contributed by atoms with Crippen molar-refractivity contribution in [2.45, 2.75) is 50.7 Å². The van der Waals surface area contributed by atoms with Crippen LogP contribution >= 0.6 is 11.3 Å². The van der Waals surface area contributed by atoms with Crippen LogP contribution in [0.25, 0.3) is 10.4 Å². The van der Waals surface area contributed by atoms with Crippen molar-refractivity contribution in [3.05, 3.63) is 70.6 Å². The van der Waals surface area contributed by atoms with Crippen LogP contribution in [-0.2, 0) is 16.9 Å². The molecule has 7 heteroatoms. The van der Waals surface area contributed by atoms with Crippen LogP contribution < -0.4 is 14.8 Å². The Hall–Kier alpha value is -3.32. The number of nitrogens with one attached hydrogen (secondary N) is 1. The molecule has 2 aromatic carbocycles. The van der Waals surface area contributed by atoms with E-state index >= 15 is 0 Å². The maximum absolute atomic E-state index is 14.2. The number of thiophene rings is 1. The number of amides is 2. The van der Waals surface area contributed by atoms with Crippen LogP contribution in [-0.4, -0.2) is 36.0 Å². The number of fused-ring (bicyclic) bond motifs is 4. The number of hydrogen-bond donors (Lipinski definition) is 1. The highest BCUT2D eigenvalue weighted by molar-refractivity contribution is 7.14. The number of hydrogen-bond acceptors (Lipinski definition) is 5. The Bertz CT molecular complexity index is 1280. The average molecular weight is 489 g/mol. The van der Waals surface area contributed by atoms with E-state index in [2.05, 4.69) is 5.32 Å². The largest absolute Gasteiger partial charge is 0.486 e. The van der Waals surface area contributed by atoms with E-state index in [0.717, 1.165) is 47.3 Å². The Balaban J connectivity index is 1.56. The molecule has 0 radical (unpaired) electrons. The molecule has 0 saturated heterocycles. The predicted molar refractivity (Wildman–Crippen MR) is 135 cm³/mol. The van der Waals surface area contributed by atoms with Crippen molar-refractivity contribution in [3.8, 4) is 21.9 Å². The van der Waals surface area contributed by atoms with E-state index in [1.54, 1.807) is 4.90 Å². The summed E-state index contributed by atoms with van der Waals surface area (Å²) < 4.78 is 11.8. The molecule has 180 valence electrons. The second-order valence-electron chi connectivity index (χ2n) is 9.61. The van der Waals surface area contributed by atoms with Crippen molar-refractivity contribution in [3.63, 3.8) is 0 Å². The monoisotopic (exact) mass is 488 g/mol. The first kappa shape index (κ1) is 22.2. The quantitative estimate of drug-likeness (QED) is 0.554. The van der Waals surface area contributed by atoms with Gasteiger partial charge in [0.15, 0.2) is 11.5 Å². The zero-order valence-electron chi connectivity index (χ0n) is 19.7. The first-order valence-electron chi connectivity index (χ1n) is 12.2. The Labute approximate surface area is 208 Å². The molecule has 2 amide bonds. The highest BCUT2D eigenvalue weighted by Gasteiger charge is 2.49. The Morgan fingerprint density at radius 1 is 1.06 bits per heavy atom. The fraction of sp³-hybridized carbons (Fsp3) is 0.357. The van der Waals surface area contributed by atoms with Gasteiger partial charge in [0.05, 0.1) is 5.56 Å². The van der Waals surface area contributed by atoms with Gasteiger partial charge in [-0.1, -0.05) is 43.2 Å². The fourth-order valence-corrected chi connectivity index (χ4v) is 6.41. The summed E-state index contributed by atoms with van der Waals surface area (Å²) in [5.74, 6) is 0.964. The normalized spacial score (nSPS) is 21.3. The Morgan fingerprint density at radius 2 is 1.77 bits per heavy atom. The summed E-state index contributed by atoms with van der Waals surface area (Å²) in [6.45, 7) is 3.12. The highest BCUT2D eigenvalue weighted by Crippen LogP contribution is 2.49. The molecule has 1 aromatic heterocycles. The van der Waals surface area contributed by atoms with E-state index < -0.39 is 5.54 Å². The molecule has 0 bridgehead atoms. The molecule has 1 saturated carbocycles. The Morgan fingerprint density at radius 3 is 2.51 bits per heavy atom. The van der Waals surface area contributed by atoms with Crippen LogP contribution in [0.4, 0.5) is 0 Å². The first-order chi connectivity index (χ1) is 17.1. The van der Waals surface area contributed by atoms with Gasteiger partial charge in [-0.15, -0.1) is 11.3 Å². The summed E-state index contributed by atoms with van der Waals surface area (Å²) in [6, 6.07) is 15.7. The van der Waals surface area contributed by atoms with E-state index in [-0.39, 0.29) is 17.9 Å². The molecule has 35 heavy (non-hydrogen) atoms. The van der Waals surface area contributed by atoms with Gasteiger partial charge in [0.1, 0.15) is 18.8 Å². The van der Waals surface area contributed by atoms with Crippen LogP contribution in [0, 0.1) is 0 Å². The number of carbonyl (C=O) groups is 2. The molecular formula is C28H28N2O4S. The molecule has 6 rings (SSSR count). The van der Waals surface area contributed by atoms with E-state index in [1.165, 1.54) is 11.3 Å². The minimum atomic E-state index is -1.24. The van der Waals surface area contributed by atoms with Gasteiger partial charge in [0, 0.05) is 23.0 Å². The molecule has 3 aliphatic rings. The Kier molecular flexibility index (Phi) is 5.52. The fourth-order valence-electron chi connectivity index (χ4n) is 5.50. The van der Waals surface area contributed by atoms with Crippen molar-refractivity contribution in [2.24, 2.45) is 0 Å². The zero-order valence-corrected chi connectivity index (χ0v) is 20.5. The number of carbonyl (C=O) groups excluding carboxylic acids is 2. The highest BCUT2D eigenvalue weighted by atomic mass is 32.1. The van der Waals surface area contributed by atoms with Gasteiger partial charge in [0.2, 0.25) is 0 Å². The molecule has 3 aromatic rings. The minimum Gasteiger partial charge on any atom is -0.486 e. The lowest BCUT2D eigenvalue weighted by Gasteiger charge is -2.41. The second-order valence-corrected chi connectivity index (χ2v) is 10.5. The summed E-state index contributed by atoms with van der Waals surface area (Å²) in [4.78, 5) is 30.9. The van der Waals surface area contributed by atoms with E-state index in [0.29, 0.717) is 36.8 Å². The summed E-state index contributed by atoms with van der Waals surface area (Å²) >= 11 is 1.51. The average Bonchev–Trinajstić information content (AvgIpc) is 3.57. The van der Waals surface area contributed by atoms with E-state index in [4.69, 9.17) is 9.47 Å². The third-order valence-corrected chi connectivity index (χ3v) is 8.40. The number of ether oxygens (including phenoxy) is 2. The lowest BCUT2D eigenvalue weighted by Crippen LogP contribution is -2.57. The number of nitrogens with zero attached hydrogens (tertiary/aromatic N) is 1. The van der Waals surface area contributed by atoms with Crippen LogP contribution in [0.1, 0.15) is 54.1 Å². The maximum Gasteiger partial charge on any atom is 0.256 e. The molecule has 1 N–H and O–H groups in total. The third kappa shape index (κ3) is 3.69. The van der Waals surface area contributed by atoms with Gasteiger partial charge in [0.25, 0.3) is 11.8 Å². The zero-order chi connectivity index (χ0) is 24.0. The molecule has 1 fully saturated rings. The number of benzene rings is 2. The minimum absolute atomic E-state index is 0.131. The van der Waals surface area contributed by atoms with Crippen LogP contribution in [0.5, 0.6) is 11.5 Å². The smallest absolute Gasteiger partial charge is 0.256 e. The summed E-state index contributed by atoms with van der Waals surface area (Å²) in [6.07, 6.45) is 4.16. The van der Waals surface area contributed by atoms with Gasteiger partial charge in [-0.3, -0.25) is 9.59 Å². The molecule has 0 spiro atoms. The molecule has 2 aliphatic heterocycles. The van der Waals surface area contributed by atoms with Gasteiger partial charge in [-0.05, 0) is 54.5 Å². The van der Waals surface area contributed by atoms with E-state index in [1.807, 2.05) is 60.8 Å².